The van der Waals surface area contributed by atoms with E-state index in [1.807, 2.05) is 20.8 Å². The van der Waals surface area contributed by atoms with Gasteiger partial charge in [-0.1, -0.05) is 41.5 Å². The highest BCUT2D eigenvalue weighted by molar-refractivity contribution is 5.86. The van der Waals surface area contributed by atoms with Crippen molar-refractivity contribution in [3.63, 3.8) is 0 Å². The zero-order valence-electron chi connectivity index (χ0n) is 11.2. The highest BCUT2D eigenvalue weighted by Gasteiger charge is 2.41. The first-order valence-corrected chi connectivity index (χ1v) is 6.15. The number of hydrogen-bond donors (Lipinski definition) is 0. The second kappa shape index (κ2) is 3.92. The van der Waals surface area contributed by atoms with Crippen molar-refractivity contribution >= 4 is 5.78 Å². The Balaban J connectivity index is 2.71. The smallest absolute Gasteiger partial charge is 0.141 e. The lowest BCUT2D eigenvalue weighted by Gasteiger charge is -2.30. The summed E-state index contributed by atoms with van der Waals surface area (Å²) in [6.07, 6.45) is 3.58. The minimum atomic E-state index is -0.168. The average Bonchev–Trinajstić information content (AvgIpc) is 2.77. The Bertz CT molecular complexity index is 235. The van der Waals surface area contributed by atoms with E-state index in [2.05, 4.69) is 20.8 Å². The van der Waals surface area contributed by atoms with Gasteiger partial charge >= 0.3 is 0 Å². The van der Waals surface area contributed by atoms with Crippen molar-refractivity contribution in [2.45, 2.75) is 60.8 Å². The maximum atomic E-state index is 12.3. The van der Waals surface area contributed by atoms with Crippen LogP contribution in [0.15, 0.2) is 0 Å². The fourth-order valence-corrected chi connectivity index (χ4v) is 2.19. The second-order valence-corrected chi connectivity index (χ2v) is 7.32. The van der Waals surface area contributed by atoms with E-state index >= 15 is 0 Å². The van der Waals surface area contributed by atoms with Crippen LogP contribution in [0, 0.1) is 22.7 Å². The zero-order chi connectivity index (χ0) is 11.9. The van der Waals surface area contributed by atoms with Crippen molar-refractivity contribution in [1.82, 2.24) is 0 Å². The first-order valence-electron chi connectivity index (χ1n) is 6.15. The molecule has 0 amide bonds. The Morgan fingerprint density at radius 1 is 1.13 bits per heavy atom. The van der Waals surface area contributed by atoms with Gasteiger partial charge in [0.25, 0.3) is 0 Å². The first kappa shape index (κ1) is 12.7. The third kappa shape index (κ3) is 3.96. The molecule has 0 radical (unpaired) electrons. The SMILES string of the molecule is CC(C)(C)C[C@H](C(=O)C(C)(C)C)C1CC1. The Kier molecular flexibility index (Phi) is 3.33. The fraction of sp³-hybridized carbons (Fsp3) is 0.929. The third-order valence-electron chi connectivity index (χ3n) is 3.10. The van der Waals surface area contributed by atoms with Gasteiger partial charge in [-0.15, -0.1) is 0 Å². The molecule has 1 aliphatic carbocycles. The van der Waals surface area contributed by atoms with Gasteiger partial charge in [0.1, 0.15) is 5.78 Å². The molecular formula is C14H26O. The maximum absolute atomic E-state index is 12.3. The molecule has 0 bridgehead atoms. The summed E-state index contributed by atoms with van der Waals surface area (Å²) in [5, 5.41) is 0. The van der Waals surface area contributed by atoms with Crippen LogP contribution in [0.25, 0.3) is 0 Å². The minimum absolute atomic E-state index is 0.168. The molecule has 0 aliphatic heterocycles. The van der Waals surface area contributed by atoms with Crippen molar-refractivity contribution in [3.8, 4) is 0 Å². The van der Waals surface area contributed by atoms with Crippen molar-refractivity contribution in [3.05, 3.63) is 0 Å². The quantitative estimate of drug-likeness (QED) is 0.686. The molecule has 1 atom stereocenters. The van der Waals surface area contributed by atoms with Gasteiger partial charge in [-0.3, -0.25) is 4.79 Å². The van der Waals surface area contributed by atoms with E-state index in [0.717, 1.165) is 6.42 Å². The molecule has 1 fully saturated rings. The number of ketones is 1. The predicted molar refractivity (Wildman–Crippen MR) is 64.7 cm³/mol. The average molecular weight is 210 g/mol. The van der Waals surface area contributed by atoms with Gasteiger partial charge < -0.3 is 0 Å². The molecule has 1 saturated carbocycles. The summed E-state index contributed by atoms with van der Waals surface area (Å²) < 4.78 is 0. The third-order valence-corrected chi connectivity index (χ3v) is 3.10. The first-order chi connectivity index (χ1) is 6.61. The molecule has 0 heterocycles. The van der Waals surface area contributed by atoms with E-state index in [1.54, 1.807) is 0 Å². The van der Waals surface area contributed by atoms with E-state index < -0.39 is 0 Å². The van der Waals surface area contributed by atoms with Gasteiger partial charge in [0.05, 0.1) is 0 Å². The normalized spacial score (nSPS) is 20.1. The molecule has 1 rings (SSSR count). The highest BCUT2D eigenvalue weighted by Crippen LogP contribution is 2.45. The van der Waals surface area contributed by atoms with Crippen molar-refractivity contribution < 1.29 is 4.79 Å². The number of Topliss-reactive ketones (excluding diaryl/α,β-unsaturated/α-hetero) is 1. The van der Waals surface area contributed by atoms with E-state index in [0.29, 0.717) is 17.6 Å². The summed E-state index contributed by atoms with van der Waals surface area (Å²) in [5.74, 6) is 1.47. The molecule has 1 heteroatoms. The van der Waals surface area contributed by atoms with Crippen LogP contribution in [-0.4, -0.2) is 5.78 Å². The number of rotatable bonds is 3. The molecule has 1 nitrogen and oxygen atoms in total. The summed E-state index contributed by atoms with van der Waals surface area (Å²) >= 11 is 0. The second-order valence-electron chi connectivity index (χ2n) is 7.32. The summed E-state index contributed by atoms with van der Waals surface area (Å²) in [5.41, 5.74) is 0.104. The summed E-state index contributed by atoms with van der Waals surface area (Å²) in [4.78, 5) is 12.3. The molecule has 0 N–H and O–H groups in total. The van der Waals surface area contributed by atoms with Crippen LogP contribution in [0.5, 0.6) is 0 Å². The molecule has 0 spiro atoms. The van der Waals surface area contributed by atoms with Crippen LogP contribution in [-0.2, 0) is 4.79 Å². The molecule has 1 aliphatic rings. The van der Waals surface area contributed by atoms with Crippen LogP contribution in [0.1, 0.15) is 60.8 Å². The summed E-state index contributed by atoms with van der Waals surface area (Å²) in [6, 6.07) is 0. The highest BCUT2D eigenvalue weighted by atomic mass is 16.1. The van der Waals surface area contributed by atoms with Crippen LogP contribution in [0.4, 0.5) is 0 Å². The van der Waals surface area contributed by atoms with E-state index in [1.165, 1.54) is 12.8 Å². The zero-order valence-corrected chi connectivity index (χ0v) is 11.2. The molecule has 0 saturated heterocycles. The molecule has 0 aromatic carbocycles. The van der Waals surface area contributed by atoms with Crippen LogP contribution >= 0.6 is 0 Å². The monoisotopic (exact) mass is 210 g/mol. The van der Waals surface area contributed by atoms with Gasteiger partial charge in [0, 0.05) is 11.3 Å². The lowest BCUT2D eigenvalue weighted by Crippen LogP contribution is -2.32. The molecule has 0 unspecified atom stereocenters. The lowest BCUT2D eigenvalue weighted by atomic mass is 9.74. The van der Waals surface area contributed by atoms with E-state index in [9.17, 15) is 4.79 Å². The molecule has 88 valence electrons. The summed E-state index contributed by atoms with van der Waals surface area (Å²) in [6.45, 7) is 12.9. The minimum Gasteiger partial charge on any atom is -0.299 e. The maximum Gasteiger partial charge on any atom is 0.141 e. The Morgan fingerprint density at radius 2 is 1.60 bits per heavy atom. The number of carbonyl (C=O) groups is 1. The van der Waals surface area contributed by atoms with Crippen LogP contribution in [0.3, 0.4) is 0 Å². The predicted octanol–water partition coefficient (Wildman–Crippen LogP) is 4.06. The largest absolute Gasteiger partial charge is 0.299 e. The lowest BCUT2D eigenvalue weighted by molar-refractivity contribution is -0.132. The van der Waals surface area contributed by atoms with Gasteiger partial charge in [-0.2, -0.15) is 0 Å². The Hall–Kier alpha value is -0.330. The summed E-state index contributed by atoms with van der Waals surface area (Å²) in [7, 11) is 0. The standard InChI is InChI=1S/C14H26O/c1-13(2,3)9-11(10-7-8-10)12(15)14(4,5)6/h10-11H,7-9H2,1-6H3/t11-/m0/s1. The van der Waals surface area contributed by atoms with Crippen LogP contribution < -0.4 is 0 Å². The number of carbonyl (C=O) groups excluding carboxylic acids is 1. The molecule has 0 aromatic rings. The molecular weight excluding hydrogens is 184 g/mol. The van der Waals surface area contributed by atoms with Crippen LogP contribution in [0.2, 0.25) is 0 Å². The molecule has 0 aromatic heterocycles. The van der Waals surface area contributed by atoms with Crippen molar-refractivity contribution in [1.29, 1.82) is 0 Å². The van der Waals surface area contributed by atoms with E-state index in [4.69, 9.17) is 0 Å². The van der Waals surface area contributed by atoms with E-state index in [-0.39, 0.29) is 10.8 Å². The van der Waals surface area contributed by atoms with Crippen molar-refractivity contribution in [2.75, 3.05) is 0 Å². The Morgan fingerprint density at radius 3 is 1.87 bits per heavy atom. The van der Waals surface area contributed by atoms with Crippen molar-refractivity contribution in [2.24, 2.45) is 22.7 Å². The number of hydrogen-bond acceptors (Lipinski definition) is 1. The Labute approximate surface area is 94.6 Å². The fourth-order valence-electron chi connectivity index (χ4n) is 2.19. The van der Waals surface area contributed by atoms with Gasteiger partial charge in [0.15, 0.2) is 0 Å². The van der Waals surface area contributed by atoms with Gasteiger partial charge in [-0.25, -0.2) is 0 Å². The topological polar surface area (TPSA) is 17.1 Å². The van der Waals surface area contributed by atoms with Gasteiger partial charge in [-0.05, 0) is 30.6 Å². The van der Waals surface area contributed by atoms with Gasteiger partial charge in [0.2, 0.25) is 0 Å². The molecule has 15 heavy (non-hydrogen) atoms.